The van der Waals surface area contributed by atoms with E-state index in [-0.39, 0.29) is 0 Å². The first-order valence-corrected chi connectivity index (χ1v) is 4.63. The zero-order valence-corrected chi connectivity index (χ0v) is 8.32. The summed E-state index contributed by atoms with van der Waals surface area (Å²) in [7, 11) is 2.00. The van der Waals surface area contributed by atoms with Crippen LogP contribution in [0.25, 0.3) is 0 Å². The van der Waals surface area contributed by atoms with Crippen molar-refractivity contribution in [3.63, 3.8) is 0 Å². The Labute approximate surface area is 83.0 Å². The van der Waals surface area contributed by atoms with Gasteiger partial charge in [-0.15, -0.1) is 0 Å². The number of nitrogens with one attached hydrogen (secondary N) is 1. The summed E-state index contributed by atoms with van der Waals surface area (Å²) in [6, 6.07) is 0. The fourth-order valence-electron chi connectivity index (χ4n) is 1.45. The normalized spacial score (nSPS) is 18.9. The van der Waals surface area contributed by atoms with Gasteiger partial charge in [0.25, 0.3) is 0 Å². The summed E-state index contributed by atoms with van der Waals surface area (Å²) in [4.78, 5) is 26.0. The molecule has 1 heterocycles. The predicted molar refractivity (Wildman–Crippen MR) is 51.0 cm³/mol. The number of carbonyl (C=O) groups excluding carboxylic acids is 2. The highest BCUT2D eigenvalue weighted by molar-refractivity contribution is 6.34. The highest BCUT2D eigenvalue weighted by Crippen LogP contribution is 2.01. The molecular formula is C8H16N4O2. The van der Waals surface area contributed by atoms with E-state index in [1.807, 2.05) is 12.5 Å². The van der Waals surface area contributed by atoms with Crippen molar-refractivity contribution in [2.75, 3.05) is 33.2 Å². The lowest BCUT2D eigenvalue weighted by atomic mass is 10.3. The van der Waals surface area contributed by atoms with Gasteiger partial charge in [0.1, 0.15) is 0 Å². The summed E-state index contributed by atoms with van der Waals surface area (Å²) in [5.74, 6) is 3.61. The van der Waals surface area contributed by atoms with E-state index in [4.69, 9.17) is 5.84 Å². The molecule has 0 bridgehead atoms. The molecular weight excluding hydrogens is 184 g/mol. The highest BCUT2D eigenvalue weighted by Gasteiger charge is 2.22. The molecule has 2 amide bonds. The smallest absolute Gasteiger partial charge is 0.323 e. The average molecular weight is 200 g/mol. The summed E-state index contributed by atoms with van der Waals surface area (Å²) >= 11 is 0. The number of hydrogen-bond acceptors (Lipinski definition) is 4. The molecule has 0 saturated carbocycles. The lowest BCUT2D eigenvalue weighted by Crippen LogP contribution is -2.46. The highest BCUT2D eigenvalue weighted by atomic mass is 16.2. The van der Waals surface area contributed by atoms with Crippen LogP contribution in [0, 0.1) is 0 Å². The first kappa shape index (κ1) is 10.9. The third kappa shape index (κ3) is 2.68. The van der Waals surface area contributed by atoms with Crippen LogP contribution in [0.2, 0.25) is 0 Å². The Hall–Kier alpha value is -1.14. The van der Waals surface area contributed by atoms with Gasteiger partial charge < -0.3 is 9.80 Å². The number of nitrogens with two attached hydrogens (primary N) is 1. The van der Waals surface area contributed by atoms with Crippen LogP contribution in [0.1, 0.15) is 6.42 Å². The van der Waals surface area contributed by atoms with E-state index in [9.17, 15) is 9.59 Å². The Kier molecular flexibility index (Phi) is 3.84. The van der Waals surface area contributed by atoms with Crippen molar-refractivity contribution in [2.24, 2.45) is 5.84 Å². The third-order valence-corrected chi connectivity index (χ3v) is 2.33. The third-order valence-electron chi connectivity index (χ3n) is 2.33. The molecule has 0 aromatic rings. The molecule has 80 valence electrons. The first-order valence-electron chi connectivity index (χ1n) is 4.63. The molecule has 3 N–H and O–H groups in total. The Morgan fingerprint density at radius 3 is 2.57 bits per heavy atom. The summed E-state index contributed by atoms with van der Waals surface area (Å²) in [5, 5.41) is 0. The van der Waals surface area contributed by atoms with Gasteiger partial charge in [-0.1, -0.05) is 0 Å². The molecule has 1 aliphatic rings. The van der Waals surface area contributed by atoms with Crippen LogP contribution in [0.3, 0.4) is 0 Å². The van der Waals surface area contributed by atoms with Crippen LogP contribution in [0.15, 0.2) is 0 Å². The van der Waals surface area contributed by atoms with Crippen molar-refractivity contribution in [3.8, 4) is 0 Å². The molecule has 1 aliphatic heterocycles. The second-order valence-corrected chi connectivity index (χ2v) is 3.42. The van der Waals surface area contributed by atoms with Crippen LogP contribution in [-0.2, 0) is 9.59 Å². The van der Waals surface area contributed by atoms with E-state index in [0.29, 0.717) is 13.1 Å². The lowest BCUT2D eigenvalue weighted by Gasteiger charge is -2.18. The summed E-state index contributed by atoms with van der Waals surface area (Å²) in [6.07, 6.45) is 0.889. The zero-order chi connectivity index (χ0) is 10.6. The minimum Gasteiger partial charge on any atom is -0.333 e. The zero-order valence-electron chi connectivity index (χ0n) is 8.32. The average Bonchev–Trinajstić information content (AvgIpc) is 2.40. The molecule has 0 aliphatic carbocycles. The van der Waals surface area contributed by atoms with Crippen LogP contribution in [0.5, 0.6) is 0 Å². The number of rotatable bonds is 0. The second-order valence-electron chi connectivity index (χ2n) is 3.42. The first-order chi connectivity index (χ1) is 6.65. The fraction of sp³-hybridized carbons (Fsp3) is 0.750. The molecule has 0 aromatic heterocycles. The van der Waals surface area contributed by atoms with Crippen LogP contribution < -0.4 is 11.3 Å². The van der Waals surface area contributed by atoms with E-state index < -0.39 is 11.8 Å². The number of nitrogens with zero attached hydrogens (tertiary/aromatic N) is 2. The van der Waals surface area contributed by atoms with E-state index in [2.05, 4.69) is 4.90 Å². The minimum atomic E-state index is -0.741. The van der Waals surface area contributed by atoms with Gasteiger partial charge in [0.05, 0.1) is 0 Å². The van der Waals surface area contributed by atoms with Gasteiger partial charge >= 0.3 is 11.8 Å². The van der Waals surface area contributed by atoms with Crippen molar-refractivity contribution in [1.82, 2.24) is 15.2 Å². The molecule has 6 heteroatoms. The number of amides is 2. The predicted octanol–water partition coefficient (Wildman–Crippen LogP) is -1.86. The molecule has 14 heavy (non-hydrogen) atoms. The van der Waals surface area contributed by atoms with Crippen LogP contribution >= 0.6 is 0 Å². The molecule has 0 radical (unpaired) electrons. The van der Waals surface area contributed by atoms with Gasteiger partial charge in [-0.3, -0.25) is 15.0 Å². The lowest BCUT2D eigenvalue weighted by molar-refractivity contribution is -0.145. The van der Waals surface area contributed by atoms with E-state index >= 15 is 0 Å². The summed E-state index contributed by atoms with van der Waals surface area (Å²) in [6.45, 7) is 2.96. The molecule has 0 spiro atoms. The van der Waals surface area contributed by atoms with Crippen molar-refractivity contribution in [1.29, 1.82) is 0 Å². The minimum absolute atomic E-state index is 0.539. The second kappa shape index (κ2) is 4.92. The summed E-state index contributed by atoms with van der Waals surface area (Å²) < 4.78 is 0. The topological polar surface area (TPSA) is 78.7 Å². The molecule has 1 fully saturated rings. The molecule has 6 nitrogen and oxygen atoms in total. The van der Waals surface area contributed by atoms with E-state index in [1.165, 1.54) is 4.90 Å². The standard InChI is InChI=1S/C8H16N4O2/c1-11-3-2-4-12(6-5-11)8(14)7(13)10-9/h2-6,9H2,1H3,(H,10,13). The maximum atomic E-state index is 11.4. The van der Waals surface area contributed by atoms with Gasteiger partial charge in [-0.25, -0.2) is 5.84 Å². The molecule has 1 saturated heterocycles. The molecule has 1 rings (SSSR count). The van der Waals surface area contributed by atoms with E-state index in [1.54, 1.807) is 0 Å². The Morgan fingerprint density at radius 1 is 1.21 bits per heavy atom. The largest absolute Gasteiger partial charge is 0.333 e. The maximum absolute atomic E-state index is 11.4. The molecule has 0 aromatic carbocycles. The van der Waals surface area contributed by atoms with Crippen molar-refractivity contribution < 1.29 is 9.59 Å². The van der Waals surface area contributed by atoms with Gasteiger partial charge in [-0.2, -0.15) is 0 Å². The van der Waals surface area contributed by atoms with Crippen molar-refractivity contribution in [3.05, 3.63) is 0 Å². The number of carbonyl (C=O) groups is 2. The molecule has 0 unspecified atom stereocenters. The van der Waals surface area contributed by atoms with Crippen LogP contribution in [-0.4, -0.2) is 54.8 Å². The van der Waals surface area contributed by atoms with Crippen molar-refractivity contribution in [2.45, 2.75) is 6.42 Å². The van der Waals surface area contributed by atoms with Gasteiger partial charge in [0.2, 0.25) is 0 Å². The quantitative estimate of drug-likeness (QED) is 0.208. The summed E-state index contributed by atoms with van der Waals surface area (Å²) in [5.41, 5.74) is 1.85. The fourth-order valence-corrected chi connectivity index (χ4v) is 1.45. The Bertz CT molecular complexity index is 231. The van der Waals surface area contributed by atoms with Crippen molar-refractivity contribution >= 4 is 11.8 Å². The Balaban J connectivity index is 2.51. The molecule has 0 atom stereocenters. The van der Waals surface area contributed by atoms with Gasteiger partial charge in [0, 0.05) is 19.6 Å². The van der Waals surface area contributed by atoms with E-state index in [0.717, 1.165) is 19.5 Å². The number of likely N-dealkylation sites (N-methyl/N-ethyl adjacent to an activating group) is 1. The Morgan fingerprint density at radius 2 is 1.93 bits per heavy atom. The monoisotopic (exact) mass is 200 g/mol. The maximum Gasteiger partial charge on any atom is 0.323 e. The van der Waals surface area contributed by atoms with Gasteiger partial charge in [0.15, 0.2) is 0 Å². The van der Waals surface area contributed by atoms with Crippen LogP contribution in [0.4, 0.5) is 0 Å². The number of hydrazine groups is 1. The SMILES string of the molecule is CN1CCCN(C(=O)C(=O)NN)CC1. The van der Waals surface area contributed by atoms with Gasteiger partial charge in [-0.05, 0) is 20.0 Å². The number of hydrogen-bond donors (Lipinski definition) is 2.